The van der Waals surface area contributed by atoms with Gasteiger partial charge < -0.3 is 31.1 Å². The fourth-order valence-corrected chi connectivity index (χ4v) is 5.49. The smallest absolute Gasteiger partial charge is 0.256 e. The number of carbonyl (C=O) groups is 3. The lowest BCUT2D eigenvalue weighted by Gasteiger charge is -2.45. The van der Waals surface area contributed by atoms with E-state index in [1.807, 2.05) is 0 Å². The number of Topliss-reactive ketones (excluding diaryl/α,β-unsaturated/α-hetero) is 2. The quantitative estimate of drug-likeness (QED) is 0.334. The Labute approximate surface area is 187 Å². The van der Waals surface area contributed by atoms with Crippen molar-refractivity contribution in [2.45, 2.75) is 25.0 Å². The van der Waals surface area contributed by atoms with Crippen LogP contribution in [0, 0.1) is 12.8 Å². The summed E-state index contributed by atoms with van der Waals surface area (Å²) in [5.74, 6) is -6.36. The molecule has 7 N–H and O–H groups in total. The van der Waals surface area contributed by atoms with Gasteiger partial charge in [0, 0.05) is 10.4 Å². The summed E-state index contributed by atoms with van der Waals surface area (Å²) in [6.07, 6.45) is -0.0867. The fourth-order valence-electron chi connectivity index (χ4n) is 5.20. The van der Waals surface area contributed by atoms with Crippen LogP contribution >= 0.6 is 11.6 Å². The van der Waals surface area contributed by atoms with Crippen LogP contribution in [0.4, 0.5) is 0 Å². The number of hydrogen-bond acceptors (Lipinski definition) is 7. The molecular weight excluding hydrogens is 440 g/mol. The standard InChI is InChI=1S/C22H21ClN2O7/c1-7-8-6-9-16(25(2)3)18(28)15(21(24)31)20(30)22(9,32)19(29)13(8)17(27)14-11(26)5-4-10(23)12(7)14/h4-5,9,16,26-27,30,32H,6H2,1-3H3,(H2,24,31)/p+1/t9-,16-,22-/m0/s1. The molecule has 0 saturated carbocycles. The third-order valence-corrected chi connectivity index (χ3v) is 6.98. The van der Waals surface area contributed by atoms with E-state index in [1.54, 1.807) is 21.0 Å². The van der Waals surface area contributed by atoms with Crippen molar-refractivity contribution in [2.75, 3.05) is 14.1 Å². The van der Waals surface area contributed by atoms with Gasteiger partial charge in [0.25, 0.3) is 5.91 Å². The Morgan fingerprint density at radius 1 is 1.19 bits per heavy atom. The van der Waals surface area contributed by atoms with E-state index in [0.717, 1.165) is 0 Å². The van der Waals surface area contributed by atoms with Crippen molar-refractivity contribution in [1.82, 2.24) is 0 Å². The minimum atomic E-state index is -2.67. The van der Waals surface area contributed by atoms with Gasteiger partial charge in [-0.1, -0.05) is 11.6 Å². The second-order valence-corrected chi connectivity index (χ2v) is 8.96. The fraction of sp³-hybridized carbons (Fsp3) is 0.318. The zero-order chi connectivity index (χ0) is 23.9. The number of primary amides is 1. The van der Waals surface area contributed by atoms with Crippen molar-refractivity contribution in [3.8, 4) is 11.5 Å². The normalized spacial score (nSPS) is 25.3. The molecule has 0 unspecified atom stereocenters. The summed E-state index contributed by atoms with van der Waals surface area (Å²) in [7, 11) is 3.23. The van der Waals surface area contributed by atoms with Crippen LogP contribution in [0.2, 0.25) is 5.02 Å². The molecule has 0 aliphatic heterocycles. The number of likely N-dealkylation sites (N-methyl/N-ethyl adjacent to an activating group) is 1. The lowest BCUT2D eigenvalue weighted by Crippen LogP contribution is -3.13. The maximum atomic E-state index is 13.6. The van der Waals surface area contributed by atoms with Crippen molar-refractivity contribution >= 4 is 39.8 Å². The van der Waals surface area contributed by atoms with E-state index in [4.69, 9.17) is 17.3 Å². The number of aromatic hydroxyl groups is 2. The highest BCUT2D eigenvalue weighted by Gasteiger charge is 2.64. The number of amides is 1. The number of fused-ring (bicyclic) bond motifs is 3. The minimum Gasteiger partial charge on any atom is -0.508 e. The summed E-state index contributed by atoms with van der Waals surface area (Å²) in [5.41, 5.74) is 2.28. The van der Waals surface area contributed by atoms with E-state index < -0.39 is 52.1 Å². The van der Waals surface area contributed by atoms with Crippen LogP contribution < -0.4 is 10.6 Å². The van der Waals surface area contributed by atoms with Gasteiger partial charge in [0.15, 0.2) is 11.6 Å². The van der Waals surface area contributed by atoms with E-state index in [9.17, 15) is 34.8 Å². The number of halogens is 1. The average molecular weight is 462 g/mol. The molecule has 0 fully saturated rings. The molecule has 0 heterocycles. The maximum Gasteiger partial charge on any atom is 0.256 e. The maximum absolute atomic E-state index is 13.6. The van der Waals surface area contributed by atoms with Gasteiger partial charge in [-0.05, 0) is 36.6 Å². The number of hydrogen-bond donors (Lipinski definition) is 6. The molecule has 3 atom stereocenters. The number of aryl methyl sites for hydroxylation is 1. The summed E-state index contributed by atoms with van der Waals surface area (Å²) in [4.78, 5) is 39.1. The second-order valence-electron chi connectivity index (χ2n) is 8.56. The minimum absolute atomic E-state index is 0.0792. The van der Waals surface area contributed by atoms with Crippen LogP contribution in [-0.4, -0.2) is 63.6 Å². The molecule has 0 saturated heterocycles. The number of nitrogens with one attached hydrogen (secondary N) is 1. The molecule has 2 aliphatic rings. The van der Waals surface area contributed by atoms with Crippen molar-refractivity contribution in [3.63, 3.8) is 0 Å². The lowest BCUT2D eigenvalue weighted by atomic mass is 9.61. The van der Waals surface area contributed by atoms with Gasteiger partial charge in [0.05, 0.1) is 31.0 Å². The van der Waals surface area contributed by atoms with Gasteiger partial charge in [-0.25, -0.2) is 0 Å². The van der Waals surface area contributed by atoms with Crippen molar-refractivity contribution < 1.29 is 39.7 Å². The Balaban J connectivity index is 2.13. The van der Waals surface area contributed by atoms with E-state index in [2.05, 4.69) is 0 Å². The third-order valence-electron chi connectivity index (χ3n) is 6.67. The lowest BCUT2D eigenvalue weighted by molar-refractivity contribution is -0.880. The van der Waals surface area contributed by atoms with Crippen LogP contribution in [0.5, 0.6) is 11.5 Å². The number of aliphatic hydroxyl groups is 2. The Morgan fingerprint density at radius 2 is 1.81 bits per heavy atom. The molecule has 0 spiro atoms. The van der Waals surface area contributed by atoms with Crippen LogP contribution in [0.25, 0.3) is 10.8 Å². The number of quaternary nitrogens is 1. The number of benzene rings is 2. The Kier molecular flexibility index (Phi) is 4.78. The van der Waals surface area contributed by atoms with Crippen molar-refractivity contribution in [3.05, 3.63) is 45.2 Å². The summed E-state index contributed by atoms with van der Waals surface area (Å²) in [6, 6.07) is 1.63. The summed E-state index contributed by atoms with van der Waals surface area (Å²) < 4.78 is 0. The second kappa shape index (κ2) is 6.93. The first kappa shape index (κ1) is 22.1. The molecule has 32 heavy (non-hydrogen) atoms. The van der Waals surface area contributed by atoms with Gasteiger partial charge in [-0.15, -0.1) is 0 Å². The van der Waals surface area contributed by atoms with Crippen LogP contribution in [0.15, 0.2) is 23.5 Å². The first-order valence-electron chi connectivity index (χ1n) is 9.86. The van der Waals surface area contributed by atoms with E-state index >= 15 is 0 Å². The summed E-state index contributed by atoms with van der Waals surface area (Å²) in [5, 5.41) is 44.1. The van der Waals surface area contributed by atoms with Gasteiger partial charge in [0.2, 0.25) is 11.6 Å². The Bertz CT molecular complexity index is 1280. The van der Waals surface area contributed by atoms with Crippen LogP contribution in [-0.2, 0) is 16.0 Å². The predicted octanol–water partition coefficient (Wildman–Crippen LogP) is -0.308. The molecule has 2 aliphatic carbocycles. The van der Waals surface area contributed by atoms with E-state index in [0.29, 0.717) is 21.4 Å². The van der Waals surface area contributed by atoms with Gasteiger partial charge >= 0.3 is 0 Å². The number of nitrogens with two attached hydrogens (primary N) is 1. The molecule has 168 valence electrons. The first-order chi connectivity index (χ1) is 14.8. The number of ketones is 2. The highest BCUT2D eigenvalue weighted by atomic mass is 35.5. The first-order valence-corrected chi connectivity index (χ1v) is 10.2. The highest BCUT2D eigenvalue weighted by Crippen LogP contribution is 2.50. The Morgan fingerprint density at radius 3 is 2.38 bits per heavy atom. The molecule has 4 rings (SSSR count). The summed E-state index contributed by atoms with van der Waals surface area (Å²) in [6.45, 7) is 1.65. The topological polar surface area (TPSA) is 163 Å². The molecule has 9 nitrogen and oxygen atoms in total. The van der Waals surface area contributed by atoms with E-state index in [-0.39, 0.29) is 28.1 Å². The number of rotatable bonds is 2. The molecule has 10 heteroatoms. The van der Waals surface area contributed by atoms with E-state index in [1.165, 1.54) is 12.1 Å². The molecule has 0 aromatic heterocycles. The van der Waals surface area contributed by atoms with Gasteiger partial charge in [-0.2, -0.15) is 0 Å². The zero-order valence-corrected chi connectivity index (χ0v) is 18.2. The largest absolute Gasteiger partial charge is 0.508 e. The number of phenols is 2. The molecule has 0 bridgehead atoms. The molecule has 0 radical (unpaired) electrons. The Hall–Kier alpha value is -3.14. The third kappa shape index (κ3) is 2.55. The highest BCUT2D eigenvalue weighted by molar-refractivity contribution is 6.37. The van der Waals surface area contributed by atoms with Crippen LogP contribution in [0.3, 0.4) is 0 Å². The SMILES string of the molecule is Cc1c2c(c(O)c3c(O)ccc(Cl)c13)C(=O)[C@]1(O)C(O)=C(C(N)=O)C(=O)[C@@H]([NH+](C)C)[C@@H]1C2. The molecule has 1 amide bonds. The van der Waals surface area contributed by atoms with Crippen LogP contribution in [0.1, 0.15) is 21.5 Å². The molecular formula is C22H22ClN2O7+. The molecule has 2 aromatic rings. The zero-order valence-electron chi connectivity index (χ0n) is 17.5. The monoisotopic (exact) mass is 461 g/mol. The van der Waals surface area contributed by atoms with Gasteiger partial charge in [0.1, 0.15) is 22.8 Å². The molecule has 2 aromatic carbocycles. The predicted molar refractivity (Wildman–Crippen MR) is 114 cm³/mol. The number of carbonyl (C=O) groups excluding carboxylic acids is 3. The number of phenolic OH excluding ortho intramolecular Hbond substituents is 2. The average Bonchev–Trinajstić information content (AvgIpc) is 2.69. The van der Waals surface area contributed by atoms with Gasteiger partial charge in [-0.3, -0.25) is 14.4 Å². The summed E-state index contributed by atoms with van der Waals surface area (Å²) >= 11 is 6.32. The number of aliphatic hydroxyl groups excluding tert-OH is 1. The van der Waals surface area contributed by atoms with Crippen molar-refractivity contribution in [2.24, 2.45) is 11.7 Å². The van der Waals surface area contributed by atoms with Crippen molar-refractivity contribution in [1.29, 1.82) is 0 Å².